The normalized spacial score (nSPS) is 12.0. The summed E-state index contributed by atoms with van der Waals surface area (Å²) in [5, 5.41) is 15.0. The number of amides is 2. The molecule has 0 aliphatic heterocycles. The molecule has 0 saturated heterocycles. The van der Waals surface area contributed by atoms with Crippen molar-refractivity contribution in [1.29, 1.82) is 0 Å². The number of carbonyl (C=O) groups excluding carboxylic acids is 2. The van der Waals surface area contributed by atoms with E-state index in [0.717, 1.165) is 29.8 Å². The summed E-state index contributed by atoms with van der Waals surface area (Å²) in [5.41, 5.74) is 2.13. The molecule has 7 heteroatoms. The number of unbranched alkanes of at least 4 members (excludes halogenated alkanes) is 2. The number of rotatable bonds is 9. The third-order valence-electron chi connectivity index (χ3n) is 4.23. The van der Waals surface area contributed by atoms with Crippen molar-refractivity contribution in [3.63, 3.8) is 0 Å². The smallest absolute Gasteiger partial charge is 0.249 e. The fourth-order valence-corrected chi connectivity index (χ4v) is 3.34. The molecule has 0 fully saturated rings. The molecule has 0 unspecified atom stereocenters. The Morgan fingerprint density at radius 3 is 2.44 bits per heavy atom. The Bertz CT molecular complexity index is 756. The molecule has 146 valence electrons. The van der Waals surface area contributed by atoms with Crippen LogP contribution in [0.1, 0.15) is 52.0 Å². The Labute approximate surface area is 164 Å². The lowest BCUT2D eigenvalue weighted by atomic mass is 10.0. The van der Waals surface area contributed by atoms with Gasteiger partial charge >= 0.3 is 0 Å². The van der Waals surface area contributed by atoms with Gasteiger partial charge in [-0.1, -0.05) is 74.8 Å². The van der Waals surface area contributed by atoms with Crippen molar-refractivity contribution in [1.82, 2.24) is 15.5 Å². The van der Waals surface area contributed by atoms with Gasteiger partial charge in [-0.05, 0) is 19.3 Å². The van der Waals surface area contributed by atoms with Crippen LogP contribution in [-0.4, -0.2) is 28.1 Å². The van der Waals surface area contributed by atoms with Crippen LogP contribution in [0.15, 0.2) is 24.3 Å². The minimum Gasteiger partial charge on any atom is -0.344 e. The molecule has 0 saturated carbocycles. The predicted molar refractivity (Wildman–Crippen MR) is 110 cm³/mol. The number of carbonyl (C=O) groups is 2. The first-order chi connectivity index (χ1) is 12.9. The number of nitrogens with zero attached hydrogens (tertiary/aromatic N) is 2. The Morgan fingerprint density at radius 2 is 1.81 bits per heavy atom. The molecular weight excluding hydrogens is 360 g/mol. The minimum absolute atomic E-state index is 0.0235. The topological polar surface area (TPSA) is 84.0 Å². The van der Waals surface area contributed by atoms with Crippen LogP contribution >= 0.6 is 11.3 Å². The van der Waals surface area contributed by atoms with Crippen LogP contribution in [-0.2, 0) is 9.59 Å². The summed E-state index contributed by atoms with van der Waals surface area (Å²) in [5.74, 6) is -0.375. The fraction of sp³-hybridized carbons (Fsp3) is 0.500. The maximum absolute atomic E-state index is 12.6. The highest BCUT2D eigenvalue weighted by Gasteiger charge is 2.25. The standard InChI is InChI=1S/C20H28N4O2S/c1-5-6-7-8-16(25)21-17(13(2)3)18(26)22-20-24-23-19(27-20)15-11-9-14(4)10-12-15/h9-13,17H,5-8H2,1-4H3,(H,21,25)(H,22,24,26)/t17-/m0/s1. The molecule has 2 N–H and O–H groups in total. The Balaban J connectivity index is 1.98. The molecule has 6 nitrogen and oxygen atoms in total. The Morgan fingerprint density at radius 1 is 1.11 bits per heavy atom. The van der Waals surface area contributed by atoms with Gasteiger partial charge in [0.25, 0.3) is 0 Å². The first kappa shape index (κ1) is 21.0. The first-order valence-corrected chi connectivity index (χ1v) is 10.2. The van der Waals surface area contributed by atoms with E-state index >= 15 is 0 Å². The molecule has 27 heavy (non-hydrogen) atoms. The second-order valence-electron chi connectivity index (χ2n) is 7.01. The molecule has 0 bridgehead atoms. The van der Waals surface area contributed by atoms with Gasteiger partial charge in [0.05, 0.1) is 0 Å². The number of nitrogens with one attached hydrogen (secondary N) is 2. The van der Waals surface area contributed by atoms with E-state index in [-0.39, 0.29) is 17.7 Å². The number of hydrogen-bond acceptors (Lipinski definition) is 5. The third kappa shape index (κ3) is 6.43. The summed E-state index contributed by atoms with van der Waals surface area (Å²) in [4.78, 5) is 24.7. The zero-order chi connectivity index (χ0) is 19.8. The van der Waals surface area contributed by atoms with Crippen molar-refractivity contribution in [3.8, 4) is 10.6 Å². The van der Waals surface area contributed by atoms with E-state index in [1.165, 1.54) is 16.9 Å². The van der Waals surface area contributed by atoms with E-state index in [9.17, 15) is 9.59 Å². The SMILES string of the molecule is CCCCCC(=O)N[C@H](C(=O)Nc1nnc(-c2ccc(C)cc2)s1)C(C)C. The highest BCUT2D eigenvalue weighted by atomic mass is 32.1. The molecule has 0 aliphatic rings. The number of anilines is 1. The van der Waals surface area contributed by atoms with Gasteiger partial charge in [0.1, 0.15) is 11.0 Å². The van der Waals surface area contributed by atoms with E-state index < -0.39 is 6.04 Å². The predicted octanol–water partition coefficient (Wildman–Crippen LogP) is 4.17. The second kappa shape index (κ2) is 10.2. The molecule has 1 atom stereocenters. The molecule has 0 radical (unpaired) electrons. The van der Waals surface area contributed by atoms with Crippen LogP contribution in [0.4, 0.5) is 5.13 Å². The number of benzene rings is 1. The second-order valence-corrected chi connectivity index (χ2v) is 7.99. The quantitative estimate of drug-likeness (QED) is 0.631. The number of hydrogen-bond donors (Lipinski definition) is 2. The average Bonchev–Trinajstić information content (AvgIpc) is 3.08. The van der Waals surface area contributed by atoms with Crippen LogP contribution in [0.25, 0.3) is 10.6 Å². The lowest BCUT2D eigenvalue weighted by Crippen LogP contribution is -2.47. The fourth-order valence-electron chi connectivity index (χ4n) is 2.59. The van der Waals surface area contributed by atoms with E-state index in [4.69, 9.17) is 0 Å². The van der Waals surface area contributed by atoms with E-state index in [2.05, 4.69) is 27.8 Å². The molecule has 0 spiro atoms. The van der Waals surface area contributed by atoms with Crippen LogP contribution < -0.4 is 10.6 Å². The number of aryl methyl sites for hydroxylation is 1. The monoisotopic (exact) mass is 388 g/mol. The zero-order valence-corrected chi connectivity index (χ0v) is 17.2. The third-order valence-corrected chi connectivity index (χ3v) is 5.11. The van der Waals surface area contributed by atoms with Gasteiger partial charge < -0.3 is 5.32 Å². The van der Waals surface area contributed by atoms with Gasteiger partial charge in [-0.15, -0.1) is 10.2 Å². The summed E-state index contributed by atoms with van der Waals surface area (Å²) in [6.45, 7) is 7.94. The lowest BCUT2D eigenvalue weighted by Gasteiger charge is -2.21. The minimum atomic E-state index is -0.592. The Hall–Kier alpha value is -2.28. The zero-order valence-electron chi connectivity index (χ0n) is 16.4. The molecule has 1 heterocycles. The van der Waals surface area contributed by atoms with Gasteiger partial charge in [-0.2, -0.15) is 0 Å². The van der Waals surface area contributed by atoms with Crippen molar-refractivity contribution in [2.75, 3.05) is 5.32 Å². The van der Waals surface area contributed by atoms with E-state index in [1.54, 1.807) is 0 Å². The van der Waals surface area contributed by atoms with Crippen molar-refractivity contribution in [2.45, 2.75) is 59.4 Å². The highest BCUT2D eigenvalue weighted by molar-refractivity contribution is 7.18. The first-order valence-electron chi connectivity index (χ1n) is 9.41. The van der Waals surface area contributed by atoms with Gasteiger partial charge in [-0.3, -0.25) is 14.9 Å². The van der Waals surface area contributed by atoms with Crippen molar-refractivity contribution in [2.24, 2.45) is 5.92 Å². The van der Waals surface area contributed by atoms with Crippen LogP contribution in [0.2, 0.25) is 0 Å². The highest BCUT2D eigenvalue weighted by Crippen LogP contribution is 2.26. The molecule has 2 amide bonds. The maximum Gasteiger partial charge on any atom is 0.249 e. The average molecular weight is 389 g/mol. The molecule has 2 aromatic rings. The summed E-state index contributed by atoms with van der Waals surface area (Å²) in [6, 6.07) is 7.39. The van der Waals surface area contributed by atoms with Crippen molar-refractivity contribution >= 4 is 28.3 Å². The van der Waals surface area contributed by atoms with Crippen LogP contribution in [0.5, 0.6) is 0 Å². The molecular formula is C20H28N4O2S. The van der Waals surface area contributed by atoms with E-state index in [0.29, 0.717) is 11.6 Å². The van der Waals surface area contributed by atoms with Gasteiger partial charge in [0.2, 0.25) is 16.9 Å². The molecule has 1 aromatic heterocycles. The number of aromatic nitrogens is 2. The summed E-state index contributed by atoms with van der Waals surface area (Å²) in [7, 11) is 0. The summed E-state index contributed by atoms with van der Waals surface area (Å²) < 4.78 is 0. The van der Waals surface area contributed by atoms with Gasteiger partial charge in [0, 0.05) is 12.0 Å². The Kier molecular flexibility index (Phi) is 7.91. The van der Waals surface area contributed by atoms with Crippen molar-refractivity contribution in [3.05, 3.63) is 29.8 Å². The molecule has 2 rings (SSSR count). The summed E-state index contributed by atoms with van der Waals surface area (Å²) >= 11 is 1.32. The van der Waals surface area contributed by atoms with Gasteiger partial charge in [-0.25, -0.2) is 0 Å². The van der Waals surface area contributed by atoms with Crippen LogP contribution in [0, 0.1) is 12.8 Å². The summed E-state index contributed by atoms with van der Waals surface area (Å²) in [6.07, 6.45) is 3.35. The van der Waals surface area contributed by atoms with E-state index in [1.807, 2.05) is 45.0 Å². The van der Waals surface area contributed by atoms with Crippen molar-refractivity contribution < 1.29 is 9.59 Å². The maximum atomic E-state index is 12.6. The largest absolute Gasteiger partial charge is 0.344 e. The molecule has 0 aliphatic carbocycles. The molecule has 1 aromatic carbocycles. The lowest BCUT2D eigenvalue weighted by molar-refractivity contribution is -0.127. The van der Waals surface area contributed by atoms with Crippen LogP contribution in [0.3, 0.4) is 0 Å². The van der Waals surface area contributed by atoms with Gasteiger partial charge in [0.15, 0.2) is 0 Å².